The van der Waals surface area contributed by atoms with Crippen LogP contribution in [0.15, 0.2) is 36.4 Å². The molecule has 0 saturated carbocycles. The molecule has 1 N–H and O–H groups in total. The smallest absolute Gasteiger partial charge is 0.365 e. The van der Waals surface area contributed by atoms with E-state index in [0.717, 1.165) is 41.8 Å². The van der Waals surface area contributed by atoms with E-state index in [1.807, 2.05) is 11.0 Å². The molecule has 2 amide bonds. The van der Waals surface area contributed by atoms with E-state index in [-0.39, 0.29) is 11.8 Å². The molecule has 0 unspecified atom stereocenters. The van der Waals surface area contributed by atoms with Crippen LogP contribution in [-0.2, 0) is 28.7 Å². The summed E-state index contributed by atoms with van der Waals surface area (Å²) in [4.78, 5) is 28.4. The van der Waals surface area contributed by atoms with Gasteiger partial charge in [-0.05, 0) is 61.1 Å². The van der Waals surface area contributed by atoms with Crippen LogP contribution in [0.3, 0.4) is 0 Å². The van der Waals surface area contributed by atoms with Crippen LogP contribution in [-0.4, -0.2) is 35.8 Å². The fraction of sp³-hybridized carbons (Fsp3) is 0.417. The second-order valence-electron chi connectivity index (χ2n) is 8.55. The van der Waals surface area contributed by atoms with Crippen LogP contribution >= 0.6 is 11.6 Å². The highest BCUT2D eigenvalue weighted by atomic mass is 35.5. The highest BCUT2D eigenvalue weighted by Crippen LogP contribution is 2.39. The first-order chi connectivity index (χ1) is 15.6. The molecule has 2 aliphatic rings. The van der Waals surface area contributed by atoms with Gasteiger partial charge in [0.2, 0.25) is 11.8 Å². The van der Waals surface area contributed by atoms with Gasteiger partial charge in [0.25, 0.3) is 0 Å². The number of hydrogen-bond donors (Lipinski definition) is 1. The first-order valence-electron chi connectivity index (χ1n) is 10.9. The summed E-state index contributed by atoms with van der Waals surface area (Å²) < 4.78 is 38.4. The normalized spacial score (nSPS) is 18.3. The SMILES string of the molecule is CC(=O)N1CCCC[C@@H]1C(=O)Nc1cc(Cl)c2c(c1)CCN2Cc1ccc(C(F)(F)F)cc1. The lowest BCUT2D eigenvalue weighted by Crippen LogP contribution is -2.49. The largest absolute Gasteiger partial charge is 0.416 e. The van der Waals surface area contributed by atoms with Gasteiger partial charge in [-0.2, -0.15) is 13.2 Å². The van der Waals surface area contributed by atoms with Crippen molar-refractivity contribution in [2.75, 3.05) is 23.3 Å². The van der Waals surface area contributed by atoms with Crippen molar-refractivity contribution in [2.45, 2.75) is 51.4 Å². The Bertz CT molecular complexity index is 1060. The molecule has 0 bridgehead atoms. The van der Waals surface area contributed by atoms with E-state index < -0.39 is 17.8 Å². The molecule has 0 spiro atoms. The standard InChI is InChI=1S/C24H25ClF3N3O2/c1-15(32)31-10-3-2-4-21(31)23(33)29-19-12-17-9-11-30(22(17)20(25)13-19)14-16-5-7-18(8-6-16)24(26,27)28/h5-8,12-13,21H,2-4,9-11,14H2,1H3,(H,29,33)/t21-/m1/s1. The van der Waals surface area contributed by atoms with Crippen LogP contribution in [0.1, 0.15) is 42.9 Å². The molecule has 4 rings (SSSR count). The number of nitrogens with zero attached hydrogens (tertiary/aromatic N) is 2. The molecule has 1 atom stereocenters. The first-order valence-corrected chi connectivity index (χ1v) is 11.3. The Morgan fingerprint density at radius 3 is 2.52 bits per heavy atom. The number of carbonyl (C=O) groups is 2. The van der Waals surface area contributed by atoms with E-state index in [1.54, 1.807) is 11.0 Å². The monoisotopic (exact) mass is 479 g/mol. The zero-order valence-electron chi connectivity index (χ0n) is 18.2. The van der Waals surface area contributed by atoms with Gasteiger partial charge in [0.1, 0.15) is 6.04 Å². The van der Waals surface area contributed by atoms with Gasteiger partial charge in [0.15, 0.2) is 0 Å². The van der Waals surface area contributed by atoms with Crippen LogP contribution in [0.5, 0.6) is 0 Å². The van der Waals surface area contributed by atoms with E-state index in [9.17, 15) is 22.8 Å². The Hall–Kier alpha value is -2.74. The third-order valence-corrected chi connectivity index (χ3v) is 6.53. The van der Waals surface area contributed by atoms with Crippen molar-refractivity contribution in [1.29, 1.82) is 0 Å². The second kappa shape index (κ2) is 9.25. The summed E-state index contributed by atoms with van der Waals surface area (Å²) in [6.07, 6.45) is -1.23. The van der Waals surface area contributed by atoms with Crippen LogP contribution < -0.4 is 10.2 Å². The van der Waals surface area contributed by atoms with E-state index in [2.05, 4.69) is 5.32 Å². The van der Waals surface area contributed by atoms with Gasteiger partial charge >= 0.3 is 6.18 Å². The fourth-order valence-corrected chi connectivity index (χ4v) is 4.98. The highest BCUT2D eigenvalue weighted by molar-refractivity contribution is 6.34. The summed E-state index contributed by atoms with van der Waals surface area (Å²) in [7, 11) is 0. The summed E-state index contributed by atoms with van der Waals surface area (Å²) in [5, 5.41) is 3.38. The molecular formula is C24H25ClF3N3O2. The van der Waals surface area contributed by atoms with Crippen LogP contribution in [0.25, 0.3) is 0 Å². The van der Waals surface area contributed by atoms with Crippen molar-refractivity contribution in [2.24, 2.45) is 0 Å². The average Bonchev–Trinajstić information content (AvgIpc) is 3.16. The lowest BCUT2D eigenvalue weighted by molar-refractivity contribution is -0.138. The molecular weight excluding hydrogens is 455 g/mol. The Labute approximate surface area is 195 Å². The van der Waals surface area contributed by atoms with Crippen LogP contribution in [0, 0.1) is 0 Å². The van der Waals surface area contributed by atoms with E-state index in [4.69, 9.17) is 11.6 Å². The summed E-state index contributed by atoms with van der Waals surface area (Å²) >= 11 is 6.56. The number of halogens is 4. The molecule has 1 saturated heterocycles. The molecule has 2 aromatic carbocycles. The lowest BCUT2D eigenvalue weighted by atomic mass is 10.0. The Morgan fingerprint density at radius 1 is 1.12 bits per heavy atom. The number of fused-ring (bicyclic) bond motifs is 1. The van der Waals surface area contributed by atoms with Crippen molar-refractivity contribution >= 4 is 34.8 Å². The lowest BCUT2D eigenvalue weighted by Gasteiger charge is -2.34. The molecule has 176 valence electrons. The van der Waals surface area contributed by atoms with E-state index in [1.165, 1.54) is 19.1 Å². The van der Waals surface area contributed by atoms with Gasteiger partial charge in [-0.3, -0.25) is 9.59 Å². The second-order valence-corrected chi connectivity index (χ2v) is 8.95. The number of hydrogen-bond acceptors (Lipinski definition) is 3. The van der Waals surface area contributed by atoms with Crippen molar-refractivity contribution in [3.8, 4) is 0 Å². The Morgan fingerprint density at radius 2 is 1.85 bits per heavy atom. The van der Waals surface area contributed by atoms with Crippen LogP contribution in [0.2, 0.25) is 5.02 Å². The molecule has 2 heterocycles. The number of benzene rings is 2. The number of anilines is 2. The quantitative estimate of drug-likeness (QED) is 0.650. The first kappa shape index (κ1) is 23.4. The third-order valence-electron chi connectivity index (χ3n) is 6.24. The maximum Gasteiger partial charge on any atom is 0.416 e. The topological polar surface area (TPSA) is 52.7 Å². The predicted octanol–water partition coefficient (Wildman–Crippen LogP) is 5.26. The predicted molar refractivity (Wildman–Crippen MR) is 121 cm³/mol. The van der Waals surface area contributed by atoms with Gasteiger partial charge in [-0.25, -0.2) is 0 Å². The van der Waals surface area contributed by atoms with Crippen molar-refractivity contribution < 1.29 is 22.8 Å². The number of likely N-dealkylation sites (tertiary alicyclic amines) is 1. The van der Waals surface area contributed by atoms with Gasteiger partial charge in [-0.15, -0.1) is 0 Å². The molecule has 1 fully saturated rings. The minimum absolute atomic E-state index is 0.110. The molecule has 2 aromatic rings. The van der Waals surface area contributed by atoms with E-state index >= 15 is 0 Å². The summed E-state index contributed by atoms with van der Waals surface area (Å²) in [5.74, 6) is -0.332. The minimum atomic E-state index is -4.36. The number of alkyl halides is 3. The Kier molecular flexibility index (Phi) is 6.56. The maximum atomic E-state index is 12.9. The van der Waals surface area contributed by atoms with Crippen molar-refractivity contribution in [3.05, 3.63) is 58.1 Å². The van der Waals surface area contributed by atoms with Gasteiger partial charge in [0.05, 0.1) is 16.3 Å². The van der Waals surface area contributed by atoms with Gasteiger partial charge in [-0.1, -0.05) is 23.7 Å². The zero-order valence-corrected chi connectivity index (χ0v) is 19.0. The molecule has 0 aliphatic carbocycles. The van der Waals surface area contributed by atoms with E-state index in [0.29, 0.717) is 43.2 Å². The summed E-state index contributed by atoms with van der Waals surface area (Å²) in [5.41, 5.74) is 2.46. The Balaban J connectivity index is 1.47. The molecule has 9 heteroatoms. The third kappa shape index (κ3) is 5.11. The minimum Gasteiger partial charge on any atom is -0.365 e. The summed E-state index contributed by atoms with van der Waals surface area (Å²) in [6, 6.07) is 8.21. The zero-order chi connectivity index (χ0) is 23.8. The van der Waals surface area contributed by atoms with Gasteiger partial charge in [0, 0.05) is 32.2 Å². The molecule has 33 heavy (non-hydrogen) atoms. The molecule has 0 radical (unpaired) electrons. The number of amides is 2. The number of rotatable bonds is 4. The summed E-state index contributed by atoms with van der Waals surface area (Å²) in [6.45, 7) is 3.17. The van der Waals surface area contributed by atoms with Crippen molar-refractivity contribution in [1.82, 2.24) is 4.90 Å². The maximum absolute atomic E-state index is 12.9. The number of piperidine rings is 1. The molecule has 2 aliphatic heterocycles. The van der Waals surface area contributed by atoms with Gasteiger partial charge < -0.3 is 15.1 Å². The van der Waals surface area contributed by atoms with Crippen LogP contribution in [0.4, 0.5) is 24.5 Å². The van der Waals surface area contributed by atoms with Crippen molar-refractivity contribution in [3.63, 3.8) is 0 Å². The number of nitrogens with one attached hydrogen (secondary N) is 1. The highest BCUT2D eigenvalue weighted by Gasteiger charge is 2.32. The molecule has 0 aromatic heterocycles. The fourth-order valence-electron chi connectivity index (χ4n) is 4.62. The number of carbonyl (C=O) groups excluding carboxylic acids is 2. The average molecular weight is 480 g/mol. The molecule has 5 nitrogen and oxygen atoms in total.